The molecule has 31 heavy (non-hydrogen) atoms. The monoisotopic (exact) mass is 433 g/mol. The molecule has 0 fully saturated rings. The maximum atomic E-state index is 14.3. The largest absolute Gasteiger partial charge is 0.503 e. The first-order valence-corrected chi connectivity index (χ1v) is 10.1. The molecule has 0 saturated carbocycles. The van der Waals surface area contributed by atoms with Crippen molar-refractivity contribution in [2.24, 2.45) is 0 Å². The van der Waals surface area contributed by atoms with Crippen LogP contribution in [-0.2, 0) is 13.1 Å². The topological polar surface area (TPSA) is 91.6 Å². The second-order valence-corrected chi connectivity index (χ2v) is 7.78. The number of nitrogens with zero attached hydrogens (tertiary/aromatic N) is 2. The maximum Gasteiger partial charge on any atom is 0.274 e. The summed E-state index contributed by atoms with van der Waals surface area (Å²) in [5.41, 5.74) is -1.08. The van der Waals surface area contributed by atoms with Crippen LogP contribution < -0.4 is 10.7 Å². The Kier molecular flexibility index (Phi) is 6.15. The third kappa shape index (κ3) is 3.80. The first-order valence-electron chi connectivity index (χ1n) is 10.1. The summed E-state index contributed by atoms with van der Waals surface area (Å²) >= 11 is 0. The van der Waals surface area contributed by atoms with Crippen molar-refractivity contribution in [3.63, 3.8) is 0 Å². The van der Waals surface area contributed by atoms with E-state index in [1.807, 2.05) is 6.92 Å². The Morgan fingerprint density at radius 2 is 2.00 bits per heavy atom. The van der Waals surface area contributed by atoms with E-state index in [1.165, 1.54) is 22.5 Å². The molecule has 0 bridgehead atoms. The molecule has 2 N–H and O–H groups in total. The molecule has 1 aliphatic rings. The first kappa shape index (κ1) is 22.5. The first-order chi connectivity index (χ1) is 14.6. The van der Waals surface area contributed by atoms with Gasteiger partial charge in [-0.25, -0.2) is 8.78 Å². The smallest absolute Gasteiger partial charge is 0.274 e. The zero-order valence-corrected chi connectivity index (χ0v) is 17.9. The minimum absolute atomic E-state index is 0.0673. The van der Waals surface area contributed by atoms with Crippen LogP contribution in [0.3, 0.4) is 0 Å². The predicted molar refractivity (Wildman–Crippen MR) is 110 cm³/mol. The van der Waals surface area contributed by atoms with Crippen molar-refractivity contribution >= 4 is 11.8 Å². The molecule has 0 aliphatic carbocycles. The Balaban J connectivity index is 2.02. The molecule has 0 spiro atoms. The van der Waals surface area contributed by atoms with Crippen molar-refractivity contribution in [3.05, 3.63) is 62.1 Å². The van der Waals surface area contributed by atoms with Crippen molar-refractivity contribution in [1.82, 2.24) is 14.8 Å². The van der Waals surface area contributed by atoms with Gasteiger partial charge in [-0.05, 0) is 32.3 Å². The van der Waals surface area contributed by atoms with Gasteiger partial charge in [-0.15, -0.1) is 0 Å². The summed E-state index contributed by atoms with van der Waals surface area (Å²) in [5, 5.41) is 13.0. The van der Waals surface area contributed by atoms with Crippen LogP contribution in [-0.4, -0.2) is 40.0 Å². The lowest BCUT2D eigenvalue weighted by molar-refractivity contribution is 0.0785. The molecule has 1 aromatic heterocycles. The number of carbonyl (C=O) groups excluding carboxylic acids is 2. The molecule has 1 atom stereocenters. The number of aromatic nitrogens is 1. The molecule has 2 heterocycles. The van der Waals surface area contributed by atoms with Crippen molar-refractivity contribution in [3.8, 4) is 5.75 Å². The molecule has 1 aliphatic heterocycles. The maximum absolute atomic E-state index is 14.3. The van der Waals surface area contributed by atoms with Gasteiger partial charge in [0.05, 0.1) is 0 Å². The van der Waals surface area contributed by atoms with Gasteiger partial charge >= 0.3 is 0 Å². The molecule has 9 heteroatoms. The van der Waals surface area contributed by atoms with Crippen LogP contribution in [0.15, 0.2) is 16.9 Å². The number of amides is 2. The number of hydrogen-bond acceptors (Lipinski definition) is 4. The minimum Gasteiger partial charge on any atom is -0.503 e. The molecule has 1 unspecified atom stereocenters. The Morgan fingerprint density at radius 3 is 2.65 bits per heavy atom. The highest BCUT2D eigenvalue weighted by atomic mass is 19.1. The normalized spacial score (nSPS) is 15.0. The molecule has 166 valence electrons. The van der Waals surface area contributed by atoms with Crippen molar-refractivity contribution in [2.75, 3.05) is 13.6 Å². The lowest BCUT2D eigenvalue weighted by Gasteiger charge is -2.21. The molecule has 0 radical (unpaired) electrons. The zero-order valence-electron chi connectivity index (χ0n) is 17.9. The van der Waals surface area contributed by atoms with E-state index in [4.69, 9.17) is 0 Å². The SMILES string of the molecule is CCN(C)C(=O)c1c(O)c(=O)c(C(=O)NCc2ccc(F)c(C)c2F)c2n1CCC2C. The standard InChI is InChI=1S/C22H25F2N3O4/c1-5-26(4)22(31)18-20(29)19(28)15(17-11(2)8-9-27(17)18)21(30)25-10-13-6-7-14(23)12(3)16(13)24/h6-7,11,29H,5,8-10H2,1-4H3,(H,25,30). The second-order valence-electron chi connectivity index (χ2n) is 7.78. The van der Waals surface area contributed by atoms with Gasteiger partial charge in [0.25, 0.3) is 11.8 Å². The van der Waals surface area contributed by atoms with Crippen LogP contribution in [0.1, 0.15) is 63.9 Å². The average Bonchev–Trinajstić information content (AvgIpc) is 3.12. The van der Waals surface area contributed by atoms with Gasteiger partial charge in [0.2, 0.25) is 5.43 Å². The molecule has 1 aromatic carbocycles. The van der Waals surface area contributed by atoms with Crippen LogP contribution in [0, 0.1) is 18.6 Å². The van der Waals surface area contributed by atoms with Gasteiger partial charge in [0.1, 0.15) is 17.2 Å². The lowest BCUT2D eigenvalue weighted by Crippen LogP contribution is -2.35. The molecule has 7 nitrogen and oxygen atoms in total. The average molecular weight is 433 g/mol. The van der Waals surface area contributed by atoms with Gasteiger partial charge in [-0.1, -0.05) is 13.0 Å². The summed E-state index contributed by atoms with van der Waals surface area (Å²) in [6, 6.07) is 2.32. The third-order valence-corrected chi connectivity index (χ3v) is 5.83. The zero-order chi connectivity index (χ0) is 23.0. The summed E-state index contributed by atoms with van der Waals surface area (Å²) in [4.78, 5) is 39.9. The highest BCUT2D eigenvalue weighted by Crippen LogP contribution is 2.33. The number of fused-ring (bicyclic) bond motifs is 1. The quantitative estimate of drug-likeness (QED) is 0.759. The fourth-order valence-electron chi connectivity index (χ4n) is 3.81. The molecular weight excluding hydrogens is 408 g/mol. The van der Waals surface area contributed by atoms with Crippen LogP contribution in [0.4, 0.5) is 8.78 Å². The Morgan fingerprint density at radius 1 is 1.32 bits per heavy atom. The van der Waals surface area contributed by atoms with E-state index >= 15 is 0 Å². The summed E-state index contributed by atoms with van der Waals surface area (Å²) in [6.45, 7) is 5.36. The fraction of sp³-hybridized carbons (Fsp3) is 0.409. The number of aromatic hydroxyl groups is 1. The Bertz CT molecular complexity index is 1130. The van der Waals surface area contributed by atoms with Gasteiger partial charge < -0.3 is 19.9 Å². The molecule has 3 rings (SSSR count). The fourth-order valence-corrected chi connectivity index (χ4v) is 3.81. The number of carbonyl (C=O) groups is 2. The molecular formula is C22H25F2N3O4. The van der Waals surface area contributed by atoms with Crippen LogP contribution in [0.5, 0.6) is 5.75 Å². The summed E-state index contributed by atoms with van der Waals surface area (Å²) in [5.74, 6) is -3.75. The summed E-state index contributed by atoms with van der Waals surface area (Å²) < 4.78 is 29.2. The van der Waals surface area contributed by atoms with Gasteiger partial charge in [-0.3, -0.25) is 14.4 Å². The lowest BCUT2D eigenvalue weighted by atomic mass is 10.00. The van der Waals surface area contributed by atoms with Gasteiger partial charge in [0, 0.05) is 43.5 Å². The highest BCUT2D eigenvalue weighted by molar-refractivity contribution is 5.99. The number of hydrogen-bond donors (Lipinski definition) is 2. The Labute approximate surface area is 178 Å². The number of pyridine rings is 1. The van der Waals surface area contributed by atoms with E-state index in [9.17, 15) is 28.3 Å². The second kappa shape index (κ2) is 8.49. The number of halogens is 2. The highest BCUT2D eigenvalue weighted by Gasteiger charge is 2.35. The summed E-state index contributed by atoms with van der Waals surface area (Å²) in [7, 11) is 1.55. The van der Waals surface area contributed by atoms with E-state index in [2.05, 4.69) is 5.32 Å². The number of benzene rings is 1. The predicted octanol–water partition coefficient (Wildman–Crippen LogP) is 2.67. The third-order valence-electron chi connectivity index (χ3n) is 5.83. The van der Waals surface area contributed by atoms with E-state index < -0.39 is 34.6 Å². The van der Waals surface area contributed by atoms with E-state index in [0.29, 0.717) is 25.2 Å². The van der Waals surface area contributed by atoms with Crippen molar-refractivity contribution in [2.45, 2.75) is 46.2 Å². The van der Waals surface area contributed by atoms with Crippen molar-refractivity contribution < 1.29 is 23.5 Å². The number of nitrogens with one attached hydrogen (secondary N) is 1. The molecule has 2 aromatic rings. The van der Waals surface area contributed by atoms with Crippen LogP contribution in [0.2, 0.25) is 0 Å². The Hall–Kier alpha value is -3.23. The number of rotatable bonds is 5. The van der Waals surface area contributed by atoms with E-state index in [0.717, 1.165) is 6.07 Å². The minimum atomic E-state index is -0.943. The van der Waals surface area contributed by atoms with Crippen LogP contribution >= 0.6 is 0 Å². The van der Waals surface area contributed by atoms with Crippen molar-refractivity contribution in [1.29, 1.82) is 0 Å². The van der Waals surface area contributed by atoms with Crippen LogP contribution in [0.25, 0.3) is 0 Å². The van der Waals surface area contributed by atoms with E-state index in [1.54, 1.807) is 14.0 Å². The molecule has 2 amide bonds. The van der Waals surface area contributed by atoms with Gasteiger partial charge in [0.15, 0.2) is 11.4 Å². The summed E-state index contributed by atoms with van der Waals surface area (Å²) in [6.07, 6.45) is 0.588. The van der Waals surface area contributed by atoms with E-state index in [-0.39, 0.29) is 34.8 Å². The van der Waals surface area contributed by atoms with Gasteiger partial charge in [-0.2, -0.15) is 0 Å². The molecule has 0 saturated heterocycles.